The molecule has 118 valence electrons. The molecule has 1 N–H and O–H groups in total. The fraction of sp³-hybridized carbons (Fsp3) is 0.316. The largest absolute Gasteiger partial charge is 0.460 e. The van der Waals surface area contributed by atoms with Crippen LogP contribution in [0.4, 0.5) is 0 Å². The zero-order valence-electron chi connectivity index (χ0n) is 12.9. The van der Waals surface area contributed by atoms with E-state index in [1.165, 1.54) is 5.56 Å². The van der Waals surface area contributed by atoms with Crippen molar-refractivity contribution in [3.8, 4) is 0 Å². The number of ether oxygens (including phenoxy) is 1. The quantitative estimate of drug-likeness (QED) is 0.795. The number of aromatic nitrogens is 1. The van der Waals surface area contributed by atoms with E-state index in [1.54, 1.807) is 0 Å². The van der Waals surface area contributed by atoms with E-state index < -0.39 is 0 Å². The smallest absolute Gasteiger partial charge is 0.134 e. The predicted octanol–water partition coefficient (Wildman–Crippen LogP) is 3.84. The van der Waals surface area contributed by atoms with Crippen molar-refractivity contribution in [1.82, 2.24) is 10.3 Å². The number of furan rings is 1. The summed E-state index contributed by atoms with van der Waals surface area (Å²) in [4.78, 5) is 4.09. The Labute approximate surface area is 135 Å². The maximum Gasteiger partial charge on any atom is 0.134 e. The number of rotatable bonds is 4. The van der Waals surface area contributed by atoms with Gasteiger partial charge < -0.3 is 14.5 Å². The van der Waals surface area contributed by atoms with Crippen molar-refractivity contribution >= 4 is 11.0 Å². The molecule has 1 aliphatic rings. The molecule has 1 aromatic carbocycles. The molecule has 1 fully saturated rings. The Balaban J connectivity index is 1.47. The molecule has 4 rings (SSSR count). The average molecular weight is 308 g/mol. The lowest BCUT2D eigenvalue weighted by Gasteiger charge is -2.32. The molecular formula is C19H20N2O2. The fourth-order valence-electron chi connectivity index (χ4n) is 3.23. The Morgan fingerprint density at radius 1 is 1.13 bits per heavy atom. The molecule has 0 unspecified atom stereocenters. The van der Waals surface area contributed by atoms with Gasteiger partial charge in [-0.25, -0.2) is 0 Å². The molecule has 23 heavy (non-hydrogen) atoms. The minimum Gasteiger partial charge on any atom is -0.460 e. The van der Waals surface area contributed by atoms with Crippen molar-refractivity contribution in [1.29, 1.82) is 0 Å². The van der Waals surface area contributed by atoms with Crippen molar-refractivity contribution in [2.75, 3.05) is 6.61 Å². The van der Waals surface area contributed by atoms with Crippen LogP contribution in [0.5, 0.6) is 0 Å². The van der Waals surface area contributed by atoms with Gasteiger partial charge in [-0.1, -0.05) is 18.2 Å². The van der Waals surface area contributed by atoms with Crippen molar-refractivity contribution in [3.05, 3.63) is 66.2 Å². The van der Waals surface area contributed by atoms with Crippen LogP contribution in [0, 0.1) is 0 Å². The second-order valence-electron chi connectivity index (χ2n) is 5.95. The standard InChI is InChI=1S/C19H20N2O2/c1-2-6-18-15(4-1)12-16(23-18)13-21-17-5-3-11-22-19(17)14-7-9-20-10-8-14/h1-2,4,6-10,12,17,19,21H,3,5,11,13H2/t17-,19+/m0/s1. The Hall–Kier alpha value is -2.17. The van der Waals surface area contributed by atoms with Gasteiger partial charge in [0.2, 0.25) is 0 Å². The molecule has 3 aromatic rings. The van der Waals surface area contributed by atoms with Crippen molar-refractivity contribution in [3.63, 3.8) is 0 Å². The summed E-state index contributed by atoms with van der Waals surface area (Å²) in [5.41, 5.74) is 2.12. The highest BCUT2D eigenvalue weighted by Crippen LogP contribution is 2.28. The number of hydrogen-bond donors (Lipinski definition) is 1. The van der Waals surface area contributed by atoms with Gasteiger partial charge in [0.15, 0.2) is 0 Å². The summed E-state index contributed by atoms with van der Waals surface area (Å²) in [6.07, 6.45) is 5.91. The summed E-state index contributed by atoms with van der Waals surface area (Å²) in [6.45, 7) is 1.53. The van der Waals surface area contributed by atoms with Gasteiger partial charge in [-0.05, 0) is 42.7 Å². The number of fused-ring (bicyclic) bond motifs is 1. The summed E-state index contributed by atoms with van der Waals surface area (Å²) in [7, 11) is 0. The van der Waals surface area contributed by atoms with Gasteiger partial charge in [-0.15, -0.1) is 0 Å². The van der Waals surface area contributed by atoms with E-state index in [1.807, 2.05) is 42.7 Å². The molecule has 4 nitrogen and oxygen atoms in total. The third-order valence-corrected chi connectivity index (χ3v) is 4.37. The van der Waals surface area contributed by atoms with Crippen LogP contribution >= 0.6 is 0 Å². The molecule has 0 amide bonds. The predicted molar refractivity (Wildman–Crippen MR) is 89.0 cm³/mol. The first-order chi connectivity index (χ1) is 11.4. The van der Waals surface area contributed by atoms with Gasteiger partial charge in [0.05, 0.1) is 12.6 Å². The van der Waals surface area contributed by atoms with Crippen LogP contribution in [0.2, 0.25) is 0 Å². The average Bonchev–Trinajstić information content (AvgIpc) is 3.04. The van der Waals surface area contributed by atoms with E-state index in [0.717, 1.165) is 36.2 Å². The first kappa shape index (κ1) is 14.4. The number of hydrogen-bond acceptors (Lipinski definition) is 4. The molecule has 0 spiro atoms. The first-order valence-electron chi connectivity index (χ1n) is 8.12. The minimum absolute atomic E-state index is 0.0797. The molecule has 1 aliphatic heterocycles. The van der Waals surface area contributed by atoms with Crippen LogP contribution < -0.4 is 5.32 Å². The Morgan fingerprint density at radius 3 is 2.87 bits per heavy atom. The van der Waals surface area contributed by atoms with Crippen LogP contribution in [0.3, 0.4) is 0 Å². The number of benzene rings is 1. The molecule has 1 saturated heterocycles. The normalized spacial score (nSPS) is 21.6. The number of pyridine rings is 1. The molecule has 0 bridgehead atoms. The van der Waals surface area contributed by atoms with Crippen molar-refractivity contribution in [2.45, 2.75) is 31.5 Å². The minimum atomic E-state index is 0.0797. The number of para-hydroxylation sites is 1. The summed E-state index contributed by atoms with van der Waals surface area (Å²) in [5, 5.41) is 4.76. The van der Waals surface area contributed by atoms with E-state index in [0.29, 0.717) is 12.6 Å². The van der Waals surface area contributed by atoms with Gasteiger partial charge in [0.25, 0.3) is 0 Å². The van der Waals surface area contributed by atoms with Crippen LogP contribution in [0.25, 0.3) is 11.0 Å². The van der Waals surface area contributed by atoms with Gasteiger partial charge in [0.1, 0.15) is 11.3 Å². The molecule has 3 heterocycles. The zero-order valence-corrected chi connectivity index (χ0v) is 12.9. The molecule has 4 heteroatoms. The van der Waals surface area contributed by atoms with Crippen LogP contribution in [0.15, 0.2) is 59.3 Å². The lowest BCUT2D eigenvalue weighted by atomic mass is 9.96. The van der Waals surface area contributed by atoms with Crippen molar-refractivity contribution in [2.24, 2.45) is 0 Å². The Kier molecular flexibility index (Phi) is 4.09. The zero-order chi connectivity index (χ0) is 15.5. The fourth-order valence-corrected chi connectivity index (χ4v) is 3.23. The number of nitrogens with one attached hydrogen (secondary N) is 1. The van der Waals surface area contributed by atoms with Crippen molar-refractivity contribution < 1.29 is 9.15 Å². The first-order valence-corrected chi connectivity index (χ1v) is 8.12. The molecule has 2 atom stereocenters. The summed E-state index contributed by atoms with van der Waals surface area (Å²) >= 11 is 0. The lowest BCUT2D eigenvalue weighted by Crippen LogP contribution is -2.39. The summed E-state index contributed by atoms with van der Waals surface area (Å²) in [6, 6.07) is 14.6. The Morgan fingerprint density at radius 2 is 2.00 bits per heavy atom. The van der Waals surface area contributed by atoms with Crippen LogP contribution in [0.1, 0.15) is 30.3 Å². The molecule has 2 aromatic heterocycles. The molecule has 0 aliphatic carbocycles. The summed E-state index contributed by atoms with van der Waals surface area (Å²) < 4.78 is 11.9. The van der Waals surface area contributed by atoms with Gasteiger partial charge >= 0.3 is 0 Å². The second kappa shape index (κ2) is 6.52. The SMILES string of the molecule is c1ccc2oc(CN[C@H]3CCCO[C@@H]3c3ccncc3)cc2c1. The maximum absolute atomic E-state index is 6.00. The number of nitrogens with zero attached hydrogens (tertiary/aromatic N) is 1. The summed E-state index contributed by atoms with van der Waals surface area (Å²) in [5.74, 6) is 0.963. The van der Waals surface area contributed by atoms with E-state index >= 15 is 0 Å². The van der Waals surface area contributed by atoms with E-state index in [4.69, 9.17) is 9.15 Å². The third kappa shape index (κ3) is 3.14. The van der Waals surface area contributed by atoms with E-state index in [2.05, 4.69) is 22.4 Å². The highest BCUT2D eigenvalue weighted by atomic mass is 16.5. The topological polar surface area (TPSA) is 47.3 Å². The molecular weight excluding hydrogens is 288 g/mol. The molecule has 0 saturated carbocycles. The van der Waals surface area contributed by atoms with E-state index in [9.17, 15) is 0 Å². The highest BCUT2D eigenvalue weighted by molar-refractivity contribution is 5.77. The van der Waals surface area contributed by atoms with Crippen LogP contribution in [-0.2, 0) is 11.3 Å². The Bertz CT molecular complexity index is 736. The maximum atomic E-state index is 6.00. The third-order valence-electron chi connectivity index (χ3n) is 4.37. The van der Waals surface area contributed by atoms with Crippen LogP contribution in [-0.4, -0.2) is 17.6 Å². The lowest BCUT2D eigenvalue weighted by molar-refractivity contribution is -0.0116. The monoisotopic (exact) mass is 308 g/mol. The van der Waals surface area contributed by atoms with Gasteiger partial charge in [-0.3, -0.25) is 4.98 Å². The molecule has 0 radical (unpaired) electrons. The second-order valence-corrected chi connectivity index (χ2v) is 5.95. The van der Waals surface area contributed by atoms with E-state index in [-0.39, 0.29) is 6.10 Å². The highest BCUT2D eigenvalue weighted by Gasteiger charge is 2.27. The van der Waals surface area contributed by atoms with Gasteiger partial charge in [-0.2, -0.15) is 0 Å². The van der Waals surface area contributed by atoms with Gasteiger partial charge in [0, 0.05) is 30.4 Å².